The lowest BCUT2D eigenvalue weighted by Crippen LogP contribution is -2.02. The molecule has 0 aliphatic heterocycles. The highest BCUT2D eigenvalue weighted by Crippen LogP contribution is 2.49. The van der Waals surface area contributed by atoms with Crippen molar-refractivity contribution in [1.82, 2.24) is 38.3 Å². The summed E-state index contributed by atoms with van der Waals surface area (Å²) < 4.78 is 11.8. The number of fused-ring (bicyclic) bond motifs is 26. The molecule has 0 amide bonds. The van der Waals surface area contributed by atoms with Crippen LogP contribution in [-0.4, -0.2) is 38.3 Å². The number of aromatic nitrogens is 8. The first-order chi connectivity index (χ1) is 45.1. The van der Waals surface area contributed by atoms with Crippen LogP contribution in [0.3, 0.4) is 0 Å². The molecule has 0 saturated carbocycles. The van der Waals surface area contributed by atoms with Gasteiger partial charge in [-0.25, -0.2) is 19.9 Å². The Labute approximate surface area is 530 Å². The SMILES string of the molecule is Clc1nc(-c2ccccc2)c2sc3ccccc3c2n1.c1ccc(-c2nc(-n3c4ccccc4c4c5c6ccccc6n6c7ccccc7c(cc43)c56)nc3c2sc2ccccc23)cc1.c1ccc2c(c1)[nH]c1cc3c4ccccc4n4c5ccccc5c(c12)c34. The van der Waals surface area contributed by atoms with Gasteiger partial charge in [0.1, 0.15) is 0 Å². The summed E-state index contributed by atoms with van der Waals surface area (Å²) in [6.45, 7) is 0. The number of nitrogens with zero attached hydrogens (tertiary/aromatic N) is 7. The zero-order valence-electron chi connectivity index (χ0n) is 48.2. The van der Waals surface area contributed by atoms with E-state index in [-0.39, 0.29) is 0 Å². The molecule has 22 rings (SSSR count). The Kier molecular flexibility index (Phi) is 10.8. The summed E-state index contributed by atoms with van der Waals surface area (Å²) in [5.74, 6) is 0.692. The second-order valence-electron chi connectivity index (χ2n) is 23.4. The van der Waals surface area contributed by atoms with Crippen LogP contribution < -0.4 is 0 Å². The van der Waals surface area contributed by atoms with Gasteiger partial charge in [-0.1, -0.05) is 206 Å². The molecule has 0 fully saturated rings. The van der Waals surface area contributed by atoms with Crippen LogP contribution in [0.25, 0.3) is 189 Å². The van der Waals surface area contributed by atoms with E-state index in [2.05, 4.69) is 253 Å². The van der Waals surface area contributed by atoms with Crippen LogP contribution in [0, 0.1) is 0 Å². The number of nitrogens with one attached hydrogen (secondary N) is 1. The van der Waals surface area contributed by atoms with Crippen LogP contribution in [0.5, 0.6) is 0 Å². The molecule has 0 radical (unpaired) electrons. The van der Waals surface area contributed by atoms with Gasteiger partial charge in [0.15, 0.2) is 0 Å². The van der Waals surface area contributed by atoms with E-state index < -0.39 is 0 Å². The largest absolute Gasteiger partial charge is 0.354 e. The smallest absolute Gasteiger partial charge is 0.235 e. The Bertz CT molecular complexity index is 6730. The molecule has 10 heterocycles. The Morgan fingerprint density at radius 3 is 1.30 bits per heavy atom. The van der Waals surface area contributed by atoms with Gasteiger partial charge in [-0.15, -0.1) is 22.7 Å². The number of aromatic amines is 1. The van der Waals surface area contributed by atoms with Gasteiger partial charge >= 0.3 is 0 Å². The molecule has 0 aliphatic rings. The number of thiophene rings is 2. The standard InChI is InChI=1S/C40H22N4S.C24H14N2.C16H9ClN2S/c1-2-12-23(13-3-1)36-39-37(27-17-7-11-21-33(27)45-39)42-40(41-36)44-31-20-10-5-15-25(31)34-32(44)22-28-24-14-4-8-18-29(24)43-30-19-9-6-16-26(30)35(34)38(28)43;1-4-10-18-15(8-1)22-19(25-18)13-17-14-7-2-5-11-20(14)26-21-12-6-3-9-16(21)23(22)24(17)26;17-16-18-13(10-6-2-1-3-7-10)15-14(19-16)11-8-4-5-9-12(11)20-15/h1-22H;1-13,25H;1-9H. The van der Waals surface area contributed by atoms with Crippen molar-refractivity contribution in [2.45, 2.75) is 0 Å². The molecule has 8 nitrogen and oxygen atoms in total. The van der Waals surface area contributed by atoms with Crippen LogP contribution in [0.15, 0.2) is 267 Å². The van der Waals surface area contributed by atoms with E-state index in [4.69, 9.17) is 21.6 Å². The molecule has 11 heteroatoms. The average molecular weight is 1220 g/mol. The quantitative estimate of drug-likeness (QED) is 0.179. The fourth-order valence-corrected chi connectivity index (χ4v) is 17.3. The molecule has 1 N–H and O–H groups in total. The molecule has 22 aromatic rings. The van der Waals surface area contributed by atoms with Crippen LogP contribution >= 0.6 is 34.3 Å². The second kappa shape index (κ2) is 19.4. The topological polar surface area (TPSA) is 81.1 Å². The molecule has 10 aromatic heterocycles. The predicted molar refractivity (Wildman–Crippen MR) is 385 cm³/mol. The van der Waals surface area contributed by atoms with E-state index in [1.54, 1.807) is 22.7 Å². The van der Waals surface area contributed by atoms with Crippen molar-refractivity contribution in [3.63, 3.8) is 0 Å². The molecular weight excluding hydrogens is 1170 g/mol. The summed E-state index contributed by atoms with van der Waals surface area (Å²) in [7, 11) is 0. The van der Waals surface area contributed by atoms with Gasteiger partial charge < -0.3 is 13.8 Å². The van der Waals surface area contributed by atoms with Gasteiger partial charge in [0, 0.05) is 107 Å². The van der Waals surface area contributed by atoms with Gasteiger partial charge in [-0.2, -0.15) is 0 Å². The molecule has 0 aliphatic carbocycles. The molecule has 0 saturated heterocycles. The Balaban J connectivity index is 0.000000105. The maximum Gasteiger partial charge on any atom is 0.235 e. The zero-order valence-corrected chi connectivity index (χ0v) is 50.6. The highest BCUT2D eigenvalue weighted by atomic mass is 35.5. The van der Waals surface area contributed by atoms with E-state index in [1.165, 1.54) is 118 Å². The third kappa shape index (κ3) is 7.26. The molecule has 424 valence electrons. The lowest BCUT2D eigenvalue weighted by atomic mass is 10.0. The van der Waals surface area contributed by atoms with Crippen molar-refractivity contribution in [2.75, 3.05) is 0 Å². The first-order valence-corrected chi connectivity index (χ1v) is 32.4. The van der Waals surface area contributed by atoms with Crippen molar-refractivity contribution in [3.05, 3.63) is 272 Å². The van der Waals surface area contributed by atoms with Crippen molar-refractivity contribution in [2.24, 2.45) is 0 Å². The predicted octanol–water partition coefficient (Wildman–Crippen LogP) is 22.4. The van der Waals surface area contributed by atoms with E-state index in [1.807, 2.05) is 42.5 Å². The Morgan fingerprint density at radius 2 is 0.725 bits per heavy atom. The molecule has 0 unspecified atom stereocenters. The molecule has 0 atom stereocenters. The summed E-state index contributed by atoms with van der Waals surface area (Å²) in [5.41, 5.74) is 18.3. The van der Waals surface area contributed by atoms with E-state index >= 15 is 0 Å². The minimum absolute atomic E-state index is 0.292. The summed E-state index contributed by atoms with van der Waals surface area (Å²) in [6, 6.07) is 94.6. The fraction of sp³-hybridized carbons (Fsp3) is 0. The highest BCUT2D eigenvalue weighted by molar-refractivity contribution is 7.26. The van der Waals surface area contributed by atoms with Crippen molar-refractivity contribution < 1.29 is 0 Å². The number of H-pyrrole nitrogens is 1. The number of rotatable bonds is 3. The second-order valence-corrected chi connectivity index (χ2v) is 25.8. The molecule has 91 heavy (non-hydrogen) atoms. The third-order valence-corrected chi connectivity index (χ3v) is 21.0. The normalized spacial score (nSPS) is 12.2. The number of benzene rings is 12. The maximum atomic E-state index is 6.11. The van der Waals surface area contributed by atoms with Crippen molar-refractivity contribution in [1.29, 1.82) is 0 Å². The first-order valence-electron chi connectivity index (χ1n) is 30.4. The number of hydrogen-bond donors (Lipinski definition) is 1. The van der Waals surface area contributed by atoms with E-state index in [0.717, 1.165) is 64.8 Å². The van der Waals surface area contributed by atoms with Gasteiger partial charge in [0.05, 0.1) is 76.0 Å². The third-order valence-electron chi connectivity index (χ3n) is 18.5. The van der Waals surface area contributed by atoms with Crippen LogP contribution in [-0.2, 0) is 0 Å². The van der Waals surface area contributed by atoms with E-state index in [0.29, 0.717) is 11.2 Å². The summed E-state index contributed by atoms with van der Waals surface area (Å²) in [4.78, 5) is 23.3. The van der Waals surface area contributed by atoms with Gasteiger partial charge in [0.25, 0.3) is 0 Å². The van der Waals surface area contributed by atoms with E-state index in [9.17, 15) is 0 Å². The van der Waals surface area contributed by atoms with Gasteiger partial charge in [-0.3, -0.25) is 4.57 Å². The zero-order chi connectivity index (χ0) is 59.6. The molecule has 0 spiro atoms. The lowest BCUT2D eigenvalue weighted by Gasteiger charge is -2.10. The monoisotopic (exact) mass is 1220 g/mol. The minimum atomic E-state index is 0.292. The number of halogens is 1. The summed E-state index contributed by atoms with van der Waals surface area (Å²) in [6.07, 6.45) is 0. The van der Waals surface area contributed by atoms with Crippen LogP contribution in [0.1, 0.15) is 0 Å². The summed E-state index contributed by atoms with van der Waals surface area (Å²) in [5, 5.41) is 18.1. The van der Waals surface area contributed by atoms with Crippen molar-refractivity contribution >= 4 is 195 Å². The molecule has 12 aromatic carbocycles. The van der Waals surface area contributed by atoms with Crippen LogP contribution in [0.2, 0.25) is 5.28 Å². The highest BCUT2D eigenvalue weighted by Gasteiger charge is 2.27. The maximum absolute atomic E-state index is 6.11. The van der Waals surface area contributed by atoms with Crippen molar-refractivity contribution in [3.8, 4) is 28.5 Å². The minimum Gasteiger partial charge on any atom is -0.354 e. The molecular formula is C80H45ClN8S2. The summed E-state index contributed by atoms with van der Waals surface area (Å²) >= 11 is 9.59. The Morgan fingerprint density at radius 1 is 0.308 bits per heavy atom. The average Bonchev–Trinajstić information content (AvgIpc) is 1.53. The lowest BCUT2D eigenvalue weighted by molar-refractivity contribution is 1.02. The Hall–Kier alpha value is -11.3. The van der Waals surface area contributed by atoms with Gasteiger partial charge in [0.2, 0.25) is 11.2 Å². The fourth-order valence-electron chi connectivity index (χ4n) is 14.9. The first kappa shape index (κ1) is 50.7. The number of hydrogen-bond acceptors (Lipinski definition) is 6. The van der Waals surface area contributed by atoms with Crippen LogP contribution in [0.4, 0.5) is 0 Å². The van der Waals surface area contributed by atoms with Gasteiger partial charge in [-0.05, 0) is 72.3 Å². The number of para-hydroxylation sites is 6. The molecule has 0 bridgehead atoms.